The number of rotatable bonds is 6. The Morgan fingerprint density at radius 3 is 2.79 bits per heavy atom. The van der Waals surface area contributed by atoms with E-state index in [9.17, 15) is 14.7 Å². The van der Waals surface area contributed by atoms with Crippen LogP contribution in [0.5, 0.6) is 0 Å². The lowest BCUT2D eigenvalue weighted by atomic mass is 9.93. The lowest BCUT2D eigenvalue weighted by Crippen LogP contribution is -2.52. The van der Waals surface area contributed by atoms with E-state index in [0.29, 0.717) is 18.7 Å². The molecule has 150 valence electrons. The number of nitrogens with zero attached hydrogens (tertiary/aromatic N) is 3. The zero-order valence-electron chi connectivity index (χ0n) is 15.8. The minimum absolute atomic E-state index is 0.0978. The van der Waals surface area contributed by atoms with E-state index in [0.717, 1.165) is 10.6 Å². The molecular formula is C20H25N3O4S. The Bertz CT molecular complexity index is 811. The fourth-order valence-electron chi connectivity index (χ4n) is 3.32. The van der Waals surface area contributed by atoms with Gasteiger partial charge in [-0.1, -0.05) is 30.3 Å². The first-order chi connectivity index (χ1) is 13.5. The van der Waals surface area contributed by atoms with Crippen LogP contribution in [0, 0.1) is 5.92 Å². The minimum Gasteiger partial charge on any atom is -0.395 e. The van der Waals surface area contributed by atoms with Gasteiger partial charge in [0.25, 0.3) is 0 Å². The zero-order chi connectivity index (χ0) is 20.1. The van der Waals surface area contributed by atoms with Gasteiger partial charge in [-0.3, -0.25) is 9.59 Å². The molecule has 2 atom stereocenters. The van der Waals surface area contributed by atoms with Crippen LogP contribution < -0.4 is 0 Å². The molecule has 1 fully saturated rings. The lowest BCUT2D eigenvalue weighted by molar-refractivity contribution is -0.145. The Balaban J connectivity index is 1.63. The third kappa shape index (κ3) is 4.76. The SMILES string of the molecule is CN(CCO)C(=O)[C@H]1CN(C(=O)Cc2csc(-c3ccccc3)n2)CC[C@H]1O. The molecule has 2 aromatic rings. The third-order valence-electron chi connectivity index (χ3n) is 4.96. The minimum atomic E-state index is -0.776. The highest BCUT2D eigenvalue weighted by Crippen LogP contribution is 2.25. The van der Waals surface area contributed by atoms with Gasteiger partial charge in [-0.05, 0) is 6.42 Å². The normalized spacial score (nSPS) is 19.5. The molecule has 8 heteroatoms. The molecule has 2 heterocycles. The van der Waals surface area contributed by atoms with Crippen molar-refractivity contribution in [2.24, 2.45) is 5.92 Å². The molecule has 1 saturated heterocycles. The van der Waals surface area contributed by atoms with Gasteiger partial charge in [0.1, 0.15) is 5.01 Å². The number of carbonyl (C=O) groups is 2. The molecule has 2 N–H and O–H groups in total. The van der Waals surface area contributed by atoms with Crippen LogP contribution in [-0.4, -0.2) is 76.2 Å². The molecule has 0 spiro atoms. The maximum Gasteiger partial charge on any atom is 0.229 e. The van der Waals surface area contributed by atoms with E-state index in [4.69, 9.17) is 5.11 Å². The molecule has 1 aliphatic rings. The molecule has 7 nitrogen and oxygen atoms in total. The predicted molar refractivity (Wildman–Crippen MR) is 107 cm³/mol. The lowest BCUT2D eigenvalue weighted by Gasteiger charge is -2.37. The molecule has 1 aliphatic heterocycles. The average molecular weight is 404 g/mol. The first-order valence-corrected chi connectivity index (χ1v) is 10.2. The summed E-state index contributed by atoms with van der Waals surface area (Å²) < 4.78 is 0. The standard InChI is InChI=1S/C20H25N3O4S/c1-22(9-10-24)20(27)16-12-23(8-7-17(16)25)18(26)11-15-13-28-19(21-15)14-5-3-2-4-6-14/h2-6,13,16-17,24-25H,7-12H2,1H3/t16-,17+/m0/s1. The Morgan fingerprint density at radius 1 is 1.32 bits per heavy atom. The van der Waals surface area contributed by atoms with Crippen molar-refractivity contribution in [2.75, 3.05) is 33.3 Å². The number of benzene rings is 1. The third-order valence-corrected chi connectivity index (χ3v) is 5.90. The Hall–Kier alpha value is -2.29. The van der Waals surface area contributed by atoms with Crippen molar-refractivity contribution in [1.29, 1.82) is 0 Å². The van der Waals surface area contributed by atoms with E-state index in [2.05, 4.69) is 4.98 Å². The van der Waals surface area contributed by atoms with Crippen molar-refractivity contribution in [3.63, 3.8) is 0 Å². The summed E-state index contributed by atoms with van der Waals surface area (Å²) in [6.45, 7) is 0.672. The number of thiazole rings is 1. The summed E-state index contributed by atoms with van der Waals surface area (Å²) in [6.07, 6.45) is -0.240. The first kappa shape index (κ1) is 20.4. The average Bonchev–Trinajstić information content (AvgIpc) is 3.17. The van der Waals surface area contributed by atoms with Crippen LogP contribution in [0.3, 0.4) is 0 Å². The van der Waals surface area contributed by atoms with Crippen LogP contribution in [0.1, 0.15) is 12.1 Å². The topological polar surface area (TPSA) is 94.0 Å². The van der Waals surface area contributed by atoms with Crippen molar-refractivity contribution in [3.8, 4) is 10.6 Å². The predicted octanol–water partition coefficient (Wildman–Crippen LogP) is 1.01. The number of hydrogen-bond donors (Lipinski definition) is 2. The van der Waals surface area contributed by atoms with Crippen LogP contribution >= 0.6 is 11.3 Å². The number of aliphatic hydroxyl groups is 2. The summed E-state index contributed by atoms with van der Waals surface area (Å²) in [7, 11) is 1.59. The van der Waals surface area contributed by atoms with Gasteiger partial charge in [0.15, 0.2) is 0 Å². The number of aliphatic hydroxyl groups excluding tert-OH is 2. The van der Waals surface area contributed by atoms with Crippen molar-refractivity contribution in [3.05, 3.63) is 41.4 Å². The number of aromatic nitrogens is 1. The van der Waals surface area contributed by atoms with Crippen molar-refractivity contribution < 1.29 is 19.8 Å². The van der Waals surface area contributed by atoms with Gasteiger partial charge < -0.3 is 20.0 Å². The van der Waals surface area contributed by atoms with Gasteiger partial charge in [-0.15, -0.1) is 11.3 Å². The van der Waals surface area contributed by atoms with E-state index in [1.807, 2.05) is 35.7 Å². The molecule has 1 aromatic heterocycles. The number of likely N-dealkylation sites (tertiary alicyclic amines) is 1. The summed E-state index contributed by atoms with van der Waals surface area (Å²) in [5.74, 6) is -1.01. The molecule has 2 amide bonds. The molecule has 0 saturated carbocycles. The molecule has 0 aliphatic carbocycles. The molecule has 0 unspecified atom stereocenters. The summed E-state index contributed by atoms with van der Waals surface area (Å²) >= 11 is 1.50. The maximum atomic E-state index is 12.7. The largest absolute Gasteiger partial charge is 0.395 e. The quantitative estimate of drug-likeness (QED) is 0.751. The number of likely N-dealkylation sites (N-methyl/N-ethyl adjacent to an activating group) is 1. The summed E-state index contributed by atoms with van der Waals surface area (Å²) in [6, 6.07) is 9.81. The summed E-state index contributed by atoms with van der Waals surface area (Å²) in [5, 5.41) is 22.0. The van der Waals surface area contributed by atoms with Crippen LogP contribution in [0.4, 0.5) is 0 Å². The second kappa shape index (κ2) is 9.27. The van der Waals surface area contributed by atoms with Gasteiger partial charge in [0.05, 0.1) is 30.7 Å². The van der Waals surface area contributed by atoms with Crippen molar-refractivity contribution >= 4 is 23.2 Å². The highest BCUT2D eigenvalue weighted by atomic mass is 32.1. The molecule has 0 bridgehead atoms. The highest BCUT2D eigenvalue weighted by molar-refractivity contribution is 7.13. The van der Waals surface area contributed by atoms with Gasteiger partial charge in [-0.25, -0.2) is 4.98 Å². The van der Waals surface area contributed by atoms with Crippen molar-refractivity contribution in [2.45, 2.75) is 18.9 Å². The monoisotopic (exact) mass is 403 g/mol. The molecule has 3 rings (SSSR count). The van der Waals surface area contributed by atoms with Gasteiger partial charge in [-0.2, -0.15) is 0 Å². The van der Waals surface area contributed by atoms with E-state index in [1.54, 1.807) is 11.9 Å². The zero-order valence-corrected chi connectivity index (χ0v) is 16.6. The molecule has 28 heavy (non-hydrogen) atoms. The Morgan fingerprint density at radius 2 is 2.07 bits per heavy atom. The van der Waals surface area contributed by atoms with E-state index < -0.39 is 12.0 Å². The van der Waals surface area contributed by atoms with Crippen LogP contribution in [0.2, 0.25) is 0 Å². The molecule has 1 aromatic carbocycles. The Kier molecular flexibility index (Phi) is 6.77. The van der Waals surface area contributed by atoms with Crippen LogP contribution in [0.25, 0.3) is 10.6 Å². The van der Waals surface area contributed by atoms with E-state index in [-0.39, 0.29) is 37.9 Å². The summed E-state index contributed by atoms with van der Waals surface area (Å²) in [4.78, 5) is 32.8. The van der Waals surface area contributed by atoms with Gasteiger partial charge in [0.2, 0.25) is 11.8 Å². The van der Waals surface area contributed by atoms with E-state index >= 15 is 0 Å². The van der Waals surface area contributed by atoms with Crippen LogP contribution in [0.15, 0.2) is 35.7 Å². The fraction of sp³-hybridized carbons (Fsp3) is 0.450. The second-order valence-electron chi connectivity index (χ2n) is 6.97. The van der Waals surface area contributed by atoms with Gasteiger partial charge in [0, 0.05) is 37.6 Å². The number of hydrogen-bond acceptors (Lipinski definition) is 6. The summed E-state index contributed by atoms with van der Waals surface area (Å²) in [5.41, 5.74) is 1.73. The second-order valence-corrected chi connectivity index (χ2v) is 7.83. The maximum absolute atomic E-state index is 12.7. The van der Waals surface area contributed by atoms with Gasteiger partial charge >= 0.3 is 0 Å². The van der Waals surface area contributed by atoms with Crippen molar-refractivity contribution in [1.82, 2.24) is 14.8 Å². The number of amides is 2. The van der Waals surface area contributed by atoms with E-state index in [1.165, 1.54) is 16.2 Å². The molecular weight excluding hydrogens is 378 g/mol. The highest BCUT2D eigenvalue weighted by Gasteiger charge is 2.36. The Labute approximate surface area is 168 Å². The van der Waals surface area contributed by atoms with Crippen LogP contribution in [-0.2, 0) is 16.0 Å². The first-order valence-electron chi connectivity index (χ1n) is 9.31. The molecule has 0 radical (unpaired) electrons. The fourth-order valence-corrected chi connectivity index (χ4v) is 4.15. The number of piperidine rings is 1. The smallest absolute Gasteiger partial charge is 0.229 e. The number of carbonyl (C=O) groups excluding carboxylic acids is 2.